The van der Waals surface area contributed by atoms with Gasteiger partial charge in [-0.1, -0.05) is 11.6 Å². The molecule has 0 fully saturated rings. The van der Waals surface area contributed by atoms with E-state index in [0.29, 0.717) is 26.5 Å². The lowest BCUT2D eigenvalue weighted by Crippen LogP contribution is -2.19. The number of ether oxygens (including phenoxy) is 2. The number of hydrogen-bond donors (Lipinski definition) is 1. The number of hydrogen-bond acceptors (Lipinski definition) is 5. The van der Waals surface area contributed by atoms with Crippen molar-refractivity contribution in [2.24, 2.45) is 0 Å². The fourth-order valence-corrected chi connectivity index (χ4v) is 2.74. The van der Waals surface area contributed by atoms with Gasteiger partial charge in [-0.05, 0) is 58.4 Å². The molecule has 0 unspecified atom stereocenters. The molecule has 0 aliphatic carbocycles. The summed E-state index contributed by atoms with van der Waals surface area (Å²) in [5, 5.41) is 3.13. The maximum atomic E-state index is 12.0. The van der Waals surface area contributed by atoms with Crippen LogP contribution in [0, 0.1) is 0 Å². The van der Waals surface area contributed by atoms with Crippen LogP contribution < -0.4 is 10.1 Å². The molecule has 0 aliphatic heterocycles. The van der Waals surface area contributed by atoms with Gasteiger partial charge in [-0.3, -0.25) is 9.59 Å². The van der Waals surface area contributed by atoms with E-state index >= 15 is 0 Å². The van der Waals surface area contributed by atoms with Gasteiger partial charge in [-0.15, -0.1) is 0 Å². The third-order valence-electron chi connectivity index (χ3n) is 3.13. The molecule has 2 aromatic carbocycles. The number of carbonyl (C=O) groups is 3. The normalized spacial score (nSPS) is 10.1. The molecule has 1 amide bonds. The summed E-state index contributed by atoms with van der Waals surface area (Å²) < 4.78 is 10.8. The Morgan fingerprint density at radius 1 is 1.08 bits per heavy atom. The Morgan fingerprint density at radius 2 is 1.77 bits per heavy atom. The van der Waals surface area contributed by atoms with Crippen LogP contribution in [0.5, 0.6) is 5.75 Å². The summed E-state index contributed by atoms with van der Waals surface area (Å²) in [4.78, 5) is 34.7. The molecule has 0 aliphatic rings. The van der Waals surface area contributed by atoms with Gasteiger partial charge in [0.1, 0.15) is 5.75 Å². The Hall–Kier alpha value is -2.38. The summed E-state index contributed by atoms with van der Waals surface area (Å²) in [7, 11) is 0. The van der Waals surface area contributed by atoms with Gasteiger partial charge in [0, 0.05) is 23.2 Å². The van der Waals surface area contributed by atoms with E-state index in [1.165, 1.54) is 6.92 Å². The van der Waals surface area contributed by atoms with E-state index in [-0.39, 0.29) is 18.3 Å². The quantitative estimate of drug-likeness (QED) is 0.522. The monoisotopic (exact) mass is 439 g/mol. The summed E-state index contributed by atoms with van der Waals surface area (Å²) in [5.74, 6) is -0.799. The van der Waals surface area contributed by atoms with Crippen molar-refractivity contribution in [1.82, 2.24) is 0 Å². The van der Waals surface area contributed by atoms with Crippen LogP contribution in [0.15, 0.2) is 46.9 Å². The van der Waals surface area contributed by atoms with Gasteiger partial charge in [0.2, 0.25) is 5.91 Å². The summed E-state index contributed by atoms with van der Waals surface area (Å²) in [6.45, 7) is 0.654. The molecule has 2 rings (SSSR count). The van der Waals surface area contributed by atoms with Gasteiger partial charge in [0.25, 0.3) is 0 Å². The van der Waals surface area contributed by atoms with Crippen molar-refractivity contribution in [3.8, 4) is 5.75 Å². The highest BCUT2D eigenvalue weighted by molar-refractivity contribution is 9.10. The van der Waals surface area contributed by atoms with Gasteiger partial charge >= 0.3 is 5.97 Å². The molecular weight excluding hydrogens is 426 g/mol. The minimum Gasteiger partial charge on any atom is -0.481 e. The predicted octanol–water partition coefficient (Wildman–Crippen LogP) is 3.87. The molecule has 0 saturated carbocycles. The molecular formula is C18H15BrClNO5. The first-order valence-corrected chi connectivity index (χ1v) is 8.66. The fraction of sp³-hybridized carbons (Fsp3) is 0.167. The van der Waals surface area contributed by atoms with Crippen molar-refractivity contribution in [3.05, 3.63) is 57.5 Å². The highest BCUT2D eigenvalue weighted by Crippen LogP contribution is 2.27. The zero-order chi connectivity index (χ0) is 19.1. The molecule has 2 aromatic rings. The van der Waals surface area contributed by atoms with Crippen molar-refractivity contribution >= 4 is 50.9 Å². The van der Waals surface area contributed by atoms with Gasteiger partial charge in [-0.25, -0.2) is 4.79 Å². The second-order valence-corrected chi connectivity index (χ2v) is 6.50. The molecule has 0 radical (unpaired) electrons. The molecule has 0 bridgehead atoms. The number of halogens is 2. The number of nitrogens with one attached hydrogen (secondary N) is 1. The lowest BCUT2D eigenvalue weighted by molar-refractivity contribution is -0.144. The van der Waals surface area contributed by atoms with Crippen molar-refractivity contribution < 1.29 is 23.9 Å². The van der Waals surface area contributed by atoms with E-state index in [1.807, 2.05) is 0 Å². The molecule has 0 saturated heterocycles. The molecule has 0 aromatic heterocycles. The molecule has 136 valence electrons. The Bertz CT molecular complexity index is 823. The summed E-state index contributed by atoms with van der Waals surface area (Å²) in [6.07, 6.45) is 0. The number of carbonyl (C=O) groups excluding carboxylic acids is 3. The second kappa shape index (κ2) is 9.35. The van der Waals surface area contributed by atoms with Gasteiger partial charge < -0.3 is 14.8 Å². The van der Waals surface area contributed by atoms with Gasteiger partial charge in [0.05, 0.1) is 4.47 Å². The fourth-order valence-electron chi connectivity index (χ4n) is 1.94. The number of anilines is 1. The van der Waals surface area contributed by atoms with Crippen LogP contribution in [0.3, 0.4) is 0 Å². The molecule has 8 heteroatoms. The van der Waals surface area contributed by atoms with Crippen LogP contribution in [0.2, 0.25) is 5.02 Å². The molecule has 26 heavy (non-hydrogen) atoms. The molecule has 0 atom stereocenters. The first-order valence-electron chi connectivity index (χ1n) is 7.49. The number of rotatable bonds is 7. The van der Waals surface area contributed by atoms with Crippen LogP contribution in [0.25, 0.3) is 0 Å². The third kappa shape index (κ3) is 6.16. The number of Topliss-reactive ketones (excluding diaryl/α,β-unsaturated/α-hetero) is 1. The van der Waals surface area contributed by atoms with E-state index in [1.54, 1.807) is 42.5 Å². The molecule has 0 spiro atoms. The number of amides is 1. The first kappa shape index (κ1) is 19.9. The smallest absolute Gasteiger partial charge is 0.344 e. The lowest BCUT2D eigenvalue weighted by Gasteiger charge is -2.09. The minimum atomic E-state index is -0.671. The maximum absolute atomic E-state index is 12.0. The minimum absolute atomic E-state index is 0.203. The van der Waals surface area contributed by atoms with E-state index in [0.717, 1.165) is 0 Å². The van der Waals surface area contributed by atoms with Gasteiger partial charge in [0.15, 0.2) is 19.0 Å². The van der Waals surface area contributed by atoms with E-state index in [4.69, 9.17) is 21.1 Å². The number of ketones is 1. The summed E-state index contributed by atoms with van der Waals surface area (Å²) in [5.41, 5.74) is 0.946. The maximum Gasteiger partial charge on any atom is 0.344 e. The van der Waals surface area contributed by atoms with Crippen LogP contribution in [-0.2, 0) is 14.3 Å². The molecule has 6 nitrogen and oxygen atoms in total. The summed E-state index contributed by atoms with van der Waals surface area (Å²) >= 11 is 9.09. The molecule has 0 heterocycles. The third-order valence-corrected chi connectivity index (χ3v) is 3.99. The van der Waals surface area contributed by atoms with Crippen LogP contribution in [0.4, 0.5) is 5.69 Å². The Kier molecular flexibility index (Phi) is 7.17. The van der Waals surface area contributed by atoms with E-state index < -0.39 is 12.6 Å². The SMILES string of the molecule is CC(=O)Nc1ccc(C(=O)COC(=O)COc2ccc(Cl)cc2Br)cc1. The van der Waals surface area contributed by atoms with Crippen molar-refractivity contribution in [2.45, 2.75) is 6.92 Å². The van der Waals surface area contributed by atoms with Crippen molar-refractivity contribution in [1.29, 1.82) is 0 Å². The summed E-state index contributed by atoms with van der Waals surface area (Å²) in [6, 6.07) is 11.2. The van der Waals surface area contributed by atoms with Crippen molar-refractivity contribution in [3.63, 3.8) is 0 Å². The van der Waals surface area contributed by atoms with Crippen LogP contribution in [-0.4, -0.2) is 30.9 Å². The highest BCUT2D eigenvalue weighted by atomic mass is 79.9. The standard InChI is InChI=1S/C18H15BrClNO5/c1-11(22)21-14-5-2-12(3-6-14)16(23)9-26-18(24)10-25-17-7-4-13(20)8-15(17)19/h2-8H,9-10H2,1H3,(H,21,22). The second-order valence-electron chi connectivity index (χ2n) is 5.21. The average Bonchev–Trinajstić information content (AvgIpc) is 2.59. The Morgan fingerprint density at radius 3 is 2.38 bits per heavy atom. The zero-order valence-corrected chi connectivity index (χ0v) is 16.1. The first-order chi connectivity index (χ1) is 12.3. The van der Waals surface area contributed by atoms with Crippen molar-refractivity contribution in [2.75, 3.05) is 18.5 Å². The highest BCUT2D eigenvalue weighted by Gasteiger charge is 2.12. The number of benzene rings is 2. The Balaban J connectivity index is 1.81. The average molecular weight is 441 g/mol. The topological polar surface area (TPSA) is 81.7 Å². The number of esters is 1. The largest absolute Gasteiger partial charge is 0.481 e. The Labute approximate surface area is 163 Å². The lowest BCUT2D eigenvalue weighted by atomic mass is 10.1. The molecule has 1 N–H and O–H groups in total. The van der Waals surface area contributed by atoms with E-state index in [9.17, 15) is 14.4 Å². The van der Waals surface area contributed by atoms with Gasteiger partial charge in [-0.2, -0.15) is 0 Å². The van der Waals surface area contributed by atoms with E-state index in [2.05, 4.69) is 21.2 Å². The zero-order valence-electron chi connectivity index (χ0n) is 13.8. The predicted molar refractivity (Wildman–Crippen MR) is 101 cm³/mol. The van der Waals surface area contributed by atoms with Crippen LogP contribution in [0.1, 0.15) is 17.3 Å². The van der Waals surface area contributed by atoms with Crippen LogP contribution >= 0.6 is 27.5 Å².